The van der Waals surface area contributed by atoms with Gasteiger partial charge in [0, 0.05) is 19.0 Å². The Morgan fingerprint density at radius 2 is 2.05 bits per heavy atom. The first-order valence-electron chi connectivity index (χ1n) is 7.94. The summed E-state index contributed by atoms with van der Waals surface area (Å²) in [4.78, 5) is 23.7. The normalized spacial score (nSPS) is 22.0. The van der Waals surface area contributed by atoms with Gasteiger partial charge in [0.25, 0.3) is 0 Å². The second-order valence-corrected chi connectivity index (χ2v) is 5.83. The predicted molar refractivity (Wildman–Crippen MR) is 87.4 cm³/mol. The predicted octanol–water partition coefficient (Wildman–Crippen LogP) is 2.27. The topological polar surface area (TPSA) is 58.2 Å². The highest BCUT2D eigenvalue weighted by molar-refractivity contribution is 5.87. The Labute approximate surface area is 132 Å². The molecule has 1 aromatic rings. The Balaban J connectivity index is 2.08. The molecule has 1 atom stereocenters. The van der Waals surface area contributed by atoms with E-state index >= 15 is 0 Å². The average molecular weight is 300 g/mol. The van der Waals surface area contributed by atoms with Crippen LogP contribution < -0.4 is 10.6 Å². The average Bonchev–Trinajstić information content (AvgIpc) is 2.47. The van der Waals surface area contributed by atoms with Gasteiger partial charge >= 0.3 is 0 Å². The Bertz CT molecular complexity index is 552. The highest BCUT2D eigenvalue weighted by Crippen LogP contribution is 2.09. The van der Waals surface area contributed by atoms with Crippen molar-refractivity contribution in [3.63, 3.8) is 0 Å². The summed E-state index contributed by atoms with van der Waals surface area (Å²) in [6.07, 6.45) is 7.30. The van der Waals surface area contributed by atoms with Crippen LogP contribution >= 0.6 is 0 Å². The van der Waals surface area contributed by atoms with E-state index in [0.29, 0.717) is 19.4 Å². The summed E-state index contributed by atoms with van der Waals surface area (Å²) < 4.78 is 0. The molecule has 4 heteroatoms. The second-order valence-electron chi connectivity index (χ2n) is 5.83. The monoisotopic (exact) mass is 300 g/mol. The zero-order valence-corrected chi connectivity index (χ0v) is 13.1. The minimum atomic E-state index is -0.153. The maximum Gasteiger partial charge on any atom is 0.243 e. The molecule has 0 bridgehead atoms. The van der Waals surface area contributed by atoms with Crippen LogP contribution in [-0.4, -0.2) is 24.4 Å². The molecular weight excluding hydrogens is 276 g/mol. The van der Waals surface area contributed by atoms with Gasteiger partial charge in [-0.1, -0.05) is 42.3 Å². The molecule has 0 saturated carbocycles. The smallest absolute Gasteiger partial charge is 0.243 e. The lowest BCUT2D eigenvalue weighted by molar-refractivity contribution is -0.122. The number of hydrogen-bond acceptors (Lipinski definition) is 2. The molecule has 1 heterocycles. The SMILES string of the molecule is Cc1cccc(C[C@H]2/C=C/C(=O)NCCCCCC(=O)N2)c1. The van der Waals surface area contributed by atoms with E-state index in [4.69, 9.17) is 0 Å². The molecule has 4 nitrogen and oxygen atoms in total. The van der Waals surface area contributed by atoms with Gasteiger partial charge in [-0.3, -0.25) is 9.59 Å². The number of hydrogen-bond donors (Lipinski definition) is 2. The van der Waals surface area contributed by atoms with Gasteiger partial charge in [-0.15, -0.1) is 0 Å². The summed E-state index contributed by atoms with van der Waals surface area (Å²) >= 11 is 0. The maximum atomic E-state index is 12.0. The van der Waals surface area contributed by atoms with Gasteiger partial charge in [0.1, 0.15) is 0 Å². The molecule has 0 unspecified atom stereocenters. The molecule has 0 spiro atoms. The third-order valence-electron chi connectivity index (χ3n) is 3.74. The first-order valence-corrected chi connectivity index (χ1v) is 7.94. The number of carbonyl (C=O) groups excluding carboxylic acids is 2. The lowest BCUT2D eigenvalue weighted by Crippen LogP contribution is -2.35. The standard InChI is InChI=1S/C18H24N2O2/c1-14-6-5-7-15(12-14)13-16-9-10-17(21)19-11-4-2-3-8-18(22)20-16/h5-7,9-10,12,16H,2-4,8,11,13H2,1H3,(H,19,21)(H,20,22)/b10-9+/t16-/m1/s1. The zero-order chi connectivity index (χ0) is 15.8. The van der Waals surface area contributed by atoms with Gasteiger partial charge in [-0.05, 0) is 31.7 Å². The maximum absolute atomic E-state index is 12.0. The van der Waals surface area contributed by atoms with Crippen LogP contribution in [0.3, 0.4) is 0 Å². The fourth-order valence-corrected chi connectivity index (χ4v) is 2.60. The molecule has 2 amide bonds. The molecule has 0 saturated heterocycles. The van der Waals surface area contributed by atoms with Crippen LogP contribution in [0, 0.1) is 6.92 Å². The Morgan fingerprint density at radius 1 is 1.18 bits per heavy atom. The summed E-state index contributed by atoms with van der Waals surface area (Å²) in [6.45, 7) is 2.72. The molecule has 1 aromatic carbocycles. The Hall–Kier alpha value is -2.10. The summed E-state index contributed by atoms with van der Waals surface area (Å²) in [5.74, 6) is -0.0349. The fourth-order valence-electron chi connectivity index (χ4n) is 2.60. The second kappa shape index (κ2) is 8.37. The highest BCUT2D eigenvalue weighted by Gasteiger charge is 2.12. The molecule has 0 fully saturated rings. The molecule has 22 heavy (non-hydrogen) atoms. The highest BCUT2D eigenvalue weighted by atomic mass is 16.2. The number of benzene rings is 1. The summed E-state index contributed by atoms with van der Waals surface area (Å²) in [6, 6.07) is 8.06. The van der Waals surface area contributed by atoms with E-state index in [-0.39, 0.29) is 17.9 Å². The van der Waals surface area contributed by atoms with Gasteiger partial charge < -0.3 is 10.6 Å². The Morgan fingerprint density at radius 3 is 2.86 bits per heavy atom. The number of aryl methyl sites for hydroxylation is 1. The van der Waals surface area contributed by atoms with Crippen molar-refractivity contribution in [2.45, 2.75) is 45.1 Å². The summed E-state index contributed by atoms with van der Waals surface area (Å²) in [5, 5.41) is 5.88. The molecule has 1 aliphatic heterocycles. The van der Waals surface area contributed by atoms with E-state index in [1.165, 1.54) is 11.6 Å². The first kappa shape index (κ1) is 16.3. The third kappa shape index (κ3) is 5.72. The van der Waals surface area contributed by atoms with Crippen LogP contribution in [0.4, 0.5) is 0 Å². The van der Waals surface area contributed by atoms with E-state index in [0.717, 1.165) is 24.8 Å². The minimum Gasteiger partial charge on any atom is -0.353 e. The van der Waals surface area contributed by atoms with Crippen molar-refractivity contribution in [2.75, 3.05) is 6.54 Å². The largest absolute Gasteiger partial charge is 0.353 e. The summed E-state index contributed by atoms with van der Waals surface area (Å²) in [5.41, 5.74) is 2.35. The van der Waals surface area contributed by atoms with Crippen molar-refractivity contribution >= 4 is 11.8 Å². The van der Waals surface area contributed by atoms with Crippen molar-refractivity contribution in [1.29, 1.82) is 0 Å². The third-order valence-corrected chi connectivity index (χ3v) is 3.74. The van der Waals surface area contributed by atoms with Crippen molar-refractivity contribution in [3.05, 3.63) is 47.5 Å². The van der Waals surface area contributed by atoms with Crippen molar-refractivity contribution in [1.82, 2.24) is 10.6 Å². The van der Waals surface area contributed by atoms with Crippen LogP contribution in [0.2, 0.25) is 0 Å². The summed E-state index contributed by atoms with van der Waals surface area (Å²) in [7, 11) is 0. The zero-order valence-electron chi connectivity index (χ0n) is 13.1. The van der Waals surface area contributed by atoms with E-state index < -0.39 is 0 Å². The number of carbonyl (C=O) groups is 2. The molecule has 0 aromatic heterocycles. The molecule has 118 valence electrons. The molecule has 2 N–H and O–H groups in total. The fraction of sp³-hybridized carbons (Fsp3) is 0.444. The lowest BCUT2D eigenvalue weighted by atomic mass is 10.0. The van der Waals surface area contributed by atoms with Crippen LogP contribution in [0.1, 0.15) is 36.8 Å². The number of rotatable bonds is 2. The van der Waals surface area contributed by atoms with Crippen LogP contribution in [0.15, 0.2) is 36.4 Å². The van der Waals surface area contributed by atoms with Gasteiger partial charge in [0.15, 0.2) is 0 Å². The van der Waals surface area contributed by atoms with Crippen molar-refractivity contribution in [2.24, 2.45) is 0 Å². The minimum absolute atomic E-state index is 0.0586. The van der Waals surface area contributed by atoms with Crippen molar-refractivity contribution in [3.8, 4) is 0 Å². The van der Waals surface area contributed by atoms with Gasteiger partial charge in [-0.2, -0.15) is 0 Å². The van der Waals surface area contributed by atoms with E-state index in [1.54, 1.807) is 6.08 Å². The first-order chi connectivity index (χ1) is 10.6. The molecule has 2 rings (SSSR count). The lowest BCUT2D eigenvalue weighted by Gasteiger charge is -2.16. The van der Waals surface area contributed by atoms with Crippen LogP contribution in [-0.2, 0) is 16.0 Å². The van der Waals surface area contributed by atoms with Crippen LogP contribution in [0.5, 0.6) is 0 Å². The van der Waals surface area contributed by atoms with Gasteiger partial charge in [-0.25, -0.2) is 0 Å². The molecule has 1 aliphatic rings. The van der Waals surface area contributed by atoms with E-state index in [2.05, 4.69) is 16.7 Å². The van der Waals surface area contributed by atoms with Crippen LogP contribution in [0.25, 0.3) is 0 Å². The molecule has 0 radical (unpaired) electrons. The quantitative estimate of drug-likeness (QED) is 0.880. The number of amides is 2. The Kier molecular flexibility index (Phi) is 6.19. The van der Waals surface area contributed by atoms with Gasteiger partial charge in [0.05, 0.1) is 6.04 Å². The van der Waals surface area contributed by atoms with E-state index in [1.807, 2.05) is 25.1 Å². The van der Waals surface area contributed by atoms with Crippen molar-refractivity contribution < 1.29 is 9.59 Å². The number of nitrogens with one attached hydrogen (secondary N) is 2. The molecular formula is C18H24N2O2. The van der Waals surface area contributed by atoms with Gasteiger partial charge in [0.2, 0.25) is 11.8 Å². The van der Waals surface area contributed by atoms with E-state index in [9.17, 15) is 9.59 Å². The molecule has 0 aliphatic carbocycles.